The minimum absolute atomic E-state index is 0. The van der Waals surface area contributed by atoms with Crippen molar-refractivity contribution >= 4 is 24.8 Å². The fourth-order valence-corrected chi connectivity index (χ4v) is 0.279. The first-order chi connectivity index (χ1) is 2.91. The smallest absolute Gasteiger partial charge is 0.00973 e. The first-order valence-electron chi connectivity index (χ1n) is 2.35. The molecule has 0 bridgehead atoms. The van der Waals surface area contributed by atoms with E-state index in [1.807, 2.05) is 0 Å². The third-order valence-corrected chi connectivity index (χ3v) is 0.675. The average Bonchev–Trinajstić information content (AvgIpc) is 1.61. The summed E-state index contributed by atoms with van der Waals surface area (Å²) in [4.78, 5) is 0. The predicted molar refractivity (Wildman–Crippen MR) is 41.6 cm³/mol. The molecule has 0 rings (SSSR count). The largest absolute Gasteiger partial charge is 0.271 e. The van der Waals surface area contributed by atoms with Gasteiger partial charge < -0.3 is 0 Å². The van der Waals surface area contributed by atoms with Crippen molar-refractivity contribution in [2.45, 2.75) is 19.8 Å². The third kappa shape index (κ3) is 16.1. The zero-order valence-electron chi connectivity index (χ0n) is 5.02. The lowest BCUT2D eigenvalue weighted by Crippen LogP contribution is -2.22. The monoisotopic (exact) mass is 160 g/mol. The van der Waals surface area contributed by atoms with E-state index in [0.29, 0.717) is 0 Å². The van der Waals surface area contributed by atoms with Gasteiger partial charge in [-0.1, -0.05) is 13.3 Å². The van der Waals surface area contributed by atoms with E-state index >= 15 is 0 Å². The molecule has 8 heavy (non-hydrogen) atoms. The number of hydrogen-bond acceptors (Lipinski definition) is 2. The zero-order valence-corrected chi connectivity index (χ0v) is 6.65. The Morgan fingerprint density at radius 2 is 1.88 bits per heavy atom. The molecule has 0 aliphatic rings. The van der Waals surface area contributed by atoms with Crippen LogP contribution in [0.25, 0.3) is 0 Å². The Kier molecular flexibility index (Phi) is 30.9. The second kappa shape index (κ2) is 15.6. The van der Waals surface area contributed by atoms with Crippen LogP contribution in [0, 0.1) is 0 Å². The van der Waals surface area contributed by atoms with Gasteiger partial charge in [0.25, 0.3) is 0 Å². The number of hydrazine groups is 1. The molecule has 3 N–H and O–H groups in total. The average molecular weight is 161 g/mol. The molecule has 4 heteroatoms. The summed E-state index contributed by atoms with van der Waals surface area (Å²) in [6.45, 7) is 3.08. The summed E-state index contributed by atoms with van der Waals surface area (Å²) >= 11 is 0. The topological polar surface area (TPSA) is 38.0 Å². The molecule has 0 aliphatic carbocycles. The van der Waals surface area contributed by atoms with Crippen LogP contribution in [0.15, 0.2) is 0 Å². The van der Waals surface area contributed by atoms with Crippen LogP contribution in [0.3, 0.4) is 0 Å². The maximum Gasteiger partial charge on any atom is 0.00973 e. The quantitative estimate of drug-likeness (QED) is 0.369. The van der Waals surface area contributed by atoms with Crippen molar-refractivity contribution < 1.29 is 0 Å². The fourth-order valence-electron chi connectivity index (χ4n) is 0.279. The number of hydrogen-bond donors (Lipinski definition) is 2. The van der Waals surface area contributed by atoms with Crippen LogP contribution in [0.2, 0.25) is 0 Å². The molecule has 0 atom stereocenters. The number of nitrogens with two attached hydrogens (primary N) is 1. The summed E-state index contributed by atoms with van der Waals surface area (Å²) in [5.74, 6) is 4.96. The van der Waals surface area contributed by atoms with Gasteiger partial charge >= 0.3 is 0 Å². The Hall–Kier alpha value is 0.500. The Morgan fingerprint density at radius 1 is 1.38 bits per heavy atom. The van der Waals surface area contributed by atoms with Gasteiger partial charge in [-0.2, -0.15) is 0 Å². The fraction of sp³-hybridized carbons (Fsp3) is 1.00. The summed E-state index contributed by atoms with van der Waals surface area (Å²) in [7, 11) is 0. The van der Waals surface area contributed by atoms with Crippen molar-refractivity contribution in [3.05, 3.63) is 0 Å². The molecule has 0 saturated heterocycles. The Balaban J connectivity index is -0.000000125. The first kappa shape index (κ1) is 15.8. The van der Waals surface area contributed by atoms with E-state index in [4.69, 9.17) is 5.84 Å². The van der Waals surface area contributed by atoms with Crippen molar-refractivity contribution in [2.24, 2.45) is 5.84 Å². The van der Waals surface area contributed by atoms with E-state index in [9.17, 15) is 0 Å². The molecule has 0 aliphatic heterocycles. The maximum absolute atomic E-state index is 4.96. The lowest BCUT2D eigenvalue weighted by atomic mass is 10.3. The van der Waals surface area contributed by atoms with Crippen molar-refractivity contribution in [2.75, 3.05) is 6.54 Å². The molecule has 0 aromatic rings. The Morgan fingerprint density at radius 3 is 2.00 bits per heavy atom. The summed E-state index contributed by atoms with van der Waals surface area (Å²) in [6.07, 6.45) is 2.39. The molecule has 54 valence electrons. The van der Waals surface area contributed by atoms with Gasteiger partial charge in [0.2, 0.25) is 0 Å². The van der Waals surface area contributed by atoms with Crippen LogP contribution in [0.4, 0.5) is 0 Å². The lowest BCUT2D eigenvalue weighted by Gasteiger charge is -1.89. The molecule has 0 spiro atoms. The van der Waals surface area contributed by atoms with Crippen LogP contribution >= 0.6 is 24.8 Å². The molecular formula is C4H14Cl2N2. The van der Waals surface area contributed by atoms with Crippen LogP contribution in [-0.4, -0.2) is 6.54 Å². The Bertz CT molecular complexity index is 24.0. The highest BCUT2D eigenvalue weighted by Gasteiger charge is 1.73. The van der Waals surface area contributed by atoms with E-state index in [2.05, 4.69) is 12.3 Å². The molecule has 0 fully saturated rings. The van der Waals surface area contributed by atoms with Gasteiger partial charge in [-0.05, 0) is 6.42 Å². The Labute approximate surface area is 63.0 Å². The van der Waals surface area contributed by atoms with Crippen LogP contribution in [0.1, 0.15) is 19.8 Å². The second-order valence-electron chi connectivity index (χ2n) is 1.31. The number of rotatable bonds is 3. The highest BCUT2D eigenvalue weighted by atomic mass is 35.5. The lowest BCUT2D eigenvalue weighted by molar-refractivity contribution is 0.669. The van der Waals surface area contributed by atoms with Gasteiger partial charge in [0, 0.05) is 6.54 Å². The molecule has 0 saturated carbocycles. The second-order valence-corrected chi connectivity index (χ2v) is 1.31. The van der Waals surface area contributed by atoms with Crippen LogP contribution < -0.4 is 11.3 Å². The van der Waals surface area contributed by atoms with Gasteiger partial charge in [-0.15, -0.1) is 24.8 Å². The molecule has 0 aromatic carbocycles. The van der Waals surface area contributed by atoms with Gasteiger partial charge in [0.15, 0.2) is 0 Å². The molecule has 2 nitrogen and oxygen atoms in total. The van der Waals surface area contributed by atoms with E-state index < -0.39 is 0 Å². The van der Waals surface area contributed by atoms with Gasteiger partial charge in [0.1, 0.15) is 0 Å². The molecule has 0 radical (unpaired) electrons. The predicted octanol–water partition coefficient (Wildman–Crippen LogP) is 1.09. The molecular weight excluding hydrogens is 147 g/mol. The molecule has 0 aromatic heterocycles. The summed E-state index contributed by atoms with van der Waals surface area (Å²) in [6, 6.07) is 0. The summed E-state index contributed by atoms with van der Waals surface area (Å²) in [5.41, 5.74) is 2.57. The van der Waals surface area contributed by atoms with Gasteiger partial charge in [-0.25, -0.2) is 0 Å². The molecule has 0 amide bonds. The van der Waals surface area contributed by atoms with Crippen LogP contribution in [0.5, 0.6) is 0 Å². The van der Waals surface area contributed by atoms with Crippen molar-refractivity contribution in [3.63, 3.8) is 0 Å². The highest BCUT2D eigenvalue weighted by Crippen LogP contribution is 1.78. The summed E-state index contributed by atoms with van der Waals surface area (Å²) < 4.78 is 0. The van der Waals surface area contributed by atoms with Gasteiger partial charge in [0.05, 0.1) is 0 Å². The zero-order chi connectivity index (χ0) is 4.83. The molecule has 0 heterocycles. The first-order valence-corrected chi connectivity index (χ1v) is 2.35. The third-order valence-electron chi connectivity index (χ3n) is 0.675. The van der Waals surface area contributed by atoms with E-state index in [0.717, 1.165) is 6.54 Å². The standard InChI is InChI=1S/C4H12N2.2ClH/c1-2-3-4-6-5;;/h6H,2-5H2,1H3;2*1H. The van der Waals surface area contributed by atoms with Gasteiger partial charge in [-0.3, -0.25) is 11.3 Å². The van der Waals surface area contributed by atoms with Crippen molar-refractivity contribution in [1.29, 1.82) is 0 Å². The van der Waals surface area contributed by atoms with Crippen molar-refractivity contribution in [3.8, 4) is 0 Å². The van der Waals surface area contributed by atoms with Crippen molar-refractivity contribution in [1.82, 2.24) is 5.43 Å². The minimum atomic E-state index is 0. The number of nitrogens with one attached hydrogen (secondary N) is 1. The van der Waals surface area contributed by atoms with E-state index in [-0.39, 0.29) is 24.8 Å². The SMILES string of the molecule is CCCCNN.Cl.Cl. The normalized spacial score (nSPS) is 6.75. The van der Waals surface area contributed by atoms with E-state index in [1.165, 1.54) is 12.8 Å². The maximum atomic E-state index is 4.96. The number of unbranched alkanes of at least 4 members (excludes halogenated alkanes) is 1. The molecule has 0 unspecified atom stereocenters. The number of halogens is 2. The highest BCUT2D eigenvalue weighted by molar-refractivity contribution is 5.85. The minimum Gasteiger partial charge on any atom is -0.271 e. The van der Waals surface area contributed by atoms with E-state index in [1.54, 1.807) is 0 Å². The summed E-state index contributed by atoms with van der Waals surface area (Å²) in [5, 5.41) is 0. The van der Waals surface area contributed by atoms with Crippen LogP contribution in [-0.2, 0) is 0 Å².